The quantitative estimate of drug-likeness (QED) is 0.766. The second-order valence-corrected chi connectivity index (χ2v) is 8.71. The minimum atomic E-state index is -3.36. The summed E-state index contributed by atoms with van der Waals surface area (Å²) in [5, 5.41) is 0. The van der Waals surface area contributed by atoms with Gasteiger partial charge in [0.25, 0.3) is 0 Å². The van der Waals surface area contributed by atoms with Crippen molar-refractivity contribution in [2.24, 2.45) is 0 Å². The average Bonchev–Trinajstić information content (AvgIpc) is 3.06. The van der Waals surface area contributed by atoms with Gasteiger partial charge in [-0.2, -0.15) is 9.29 Å². The molecular weight excluding hydrogens is 352 g/mol. The average molecular weight is 376 g/mol. The van der Waals surface area contributed by atoms with Crippen molar-refractivity contribution in [3.05, 3.63) is 47.8 Å². The Bertz CT molecular complexity index is 853. The molecule has 1 fully saturated rings. The van der Waals surface area contributed by atoms with E-state index in [-0.39, 0.29) is 11.9 Å². The van der Waals surface area contributed by atoms with E-state index in [2.05, 4.69) is 9.97 Å². The van der Waals surface area contributed by atoms with Crippen LogP contribution in [0.4, 0.5) is 5.82 Å². The highest BCUT2D eigenvalue weighted by Crippen LogP contribution is 2.22. The summed E-state index contributed by atoms with van der Waals surface area (Å²) in [6.07, 6.45) is 3.63. The molecular formula is C18H24N4O3S. The fourth-order valence-corrected chi connectivity index (χ4v) is 4.39. The van der Waals surface area contributed by atoms with Gasteiger partial charge in [-0.3, -0.25) is 4.98 Å². The van der Waals surface area contributed by atoms with Crippen molar-refractivity contribution in [1.82, 2.24) is 14.3 Å². The van der Waals surface area contributed by atoms with Crippen LogP contribution in [0.25, 0.3) is 0 Å². The van der Waals surface area contributed by atoms with Crippen molar-refractivity contribution in [3.8, 4) is 5.88 Å². The first-order valence-electron chi connectivity index (χ1n) is 8.53. The van der Waals surface area contributed by atoms with Crippen LogP contribution in [0.5, 0.6) is 5.88 Å². The van der Waals surface area contributed by atoms with E-state index >= 15 is 0 Å². The molecule has 0 saturated carbocycles. The number of sulfonamides is 1. The molecule has 1 aliphatic rings. The van der Waals surface area contributed by atoms with Gasteiger partial charge in [0.05, 0.1) is 24.7 Å². The van der Waals surface area contributed by atoms with Gasteiger partial charge in [-0.25, -0.2) is 8.42 Å². The highest BCUT2D eigenvalue weighted by molar-refractivity contribution is 7.88. The molecule has 1 atom stereocenters. The maximum Gasteiger partial charge on any atom is 0.234 e. The van der Waals surface area contributed by atoms with E-state index < -0.39 is 10.0 Å². The maximum absolute atomic E-state index is 12.7. The normalized spacial score (nSPS) is 18.0. The summed E-state index contributed by atoms with van der Waals surface area (Å²) >= 11 is 0. The third-order valence-electron chi connectivity index (χ3n) is 4.32. The first kappa shape index (κ1) is 18.6. The van der Waals surface area contributed by atoms with E-state index in [4.69, 9.17) is 4.74 Å². The summed E-state index contributed by atoms with van der Waals surface area (Å²) in [7, 11) is 0.392. The lowest BCUT2D eigenvalue weighted by Gasteiger charge is -2.18. The van der Waals surface area contributed by atoms with Crippen molar-refractivity contribution in [3.63, 3.8) is 0 Å². The van der Waals surface area contributed by atoms with E-state index in [0.29, 0.717) is 31.2 Å². The molecule has 0 aliphatic carbocycles. The van der Waals surface area contributed by atoms with E-state index in [1.165, 1.54) is 4.31 Å². The topological polar surface area (TPSA) is 75.6 Å². The Balaban J connectivity index is 1.62. The van der Waals surface area contributed by atoms with Crippen LogP contribution in [-0.2, 0) is 15.8 Å². The van der Waals surface area contributed by atoms with Gasteiger partial charge in [-0.05, 0) is 18.9 Å². The standard InChI is InChI=1S/C18H24N4O3S/c1-14-4-6-15(7-5-14)13-26(23,24)22-9-8-16(12-22)25-18-11-19-10-17(20-18)21(2)3/h4-7,10-11,16H,8-9,12-13H2,1-3H3. The zero-order valence-electron chi connectivity index (χ0n) is 15.3. The van der Waals surface area contributed by atoms with Crippen molar-refractivity contribution in [2.75, 3.05) is 32.1 Å². The molecule has 0 N–H and O–H groups in total. The molecule has 1 unspecified atom stereocenters. The second kappa shape index (κ2) is 7.59. The number of anilines is 1. The largest absolute Gasteiger partial charge is 0.472 e. The number of ether oxygens (including phenoxy) is 1. The molecule has 0 spiro atoms. The van der Waals surface area contributed by atoms with Crippen LogP contribution in [0.1, 0.15) is 17.5 Å². The number of benzene rings is 1. The maximum atomic E-state index is 12.7. The lowest BCUT2D eigenvalue weighted by Crippen LogP contribution is -2.32. The molecule has 1 aliphatic heterocycles. The summed E-state index contributed by atoms with van der Waals surface area (Å²) in [5.74, 6) is 1.12. The van der Waals surface area contributed by atoms with Gasteiger partial charge < -0.3 is 9.64 Å². The van der Waals surface area contributed by atoms with Crippen molar-refractivity contribution in [2.45, 2.75) is 25.2 Å². The summed E-state index contributed by atoms with van der Waals surface area (Å²) < 4.78 is 32.7. The molecule has 7 nitrogen and oxygen atoms in total. The molecule has 26 heavy (non-hydrogen) atoms. The molecule has 0 radical (unpaired) electrons. The lowest BCUT2D eigenvalue weighted by molar-refractivity contribution is 0.206. The lowest BCUT2D eigenvalue weighted by atomic mass is 10.2. The van der Waals surface area contributed by atoms with Gasteiger partial charge in [0.2, 0.25) is 15.9 Å². The smallest absolute Gasteiger partial charge is 0.234 e. The SMILES string of the molecule is Cc1ccc(CS(=O)(=O)N2CCC(Oc3cncc(N(C)C)n3)C2)cc1. The van der Waals surface area contributed by atoms with Crippen LogP contribution >= 0.6 is 0 Å². The minimum absolute atomic E-state index is 0.00984. The predicted molar refractivity (Wildman–Crippen MR) is 101 cm³/mol. The Kier molecular flexibility index (Phi) is 5.43. The molecule has 1 aromatic heterocycles. The first-order valence-corrected chi connectivity index (χ1v) is 10.1. The van der Waals surface area contributed by atoms with E-state index in [1.807, 2.05) is 50.2 Å². The molecule has 2 heterocycles. The fraction of sp³-hybridized carbons (Fsp3) is 0.444. The number of hydrogen-bond acceptors (Lipinski definition) is 6. The van der Waals surface area contributed by atoms with E-state index in [9.17, 15) is 8.42 Å². The van der Waals surface area contributed by atoms with Crippen molar-refractivity contribution in [1.29, 1.82) is 0 Å². The molecule has 3 rings (SSSR count). The first-order chi connectivity index (χ1) is 12.3. The molecule has 0 bridgehead atoms. The Morgan fingerprint density at radius 2 is 1.96 bits per heavy atom. The van der Waals surface area contributed by atoms with Crippen LogP contribution in [0, 0.1) is 6.92 Å². The molecule has 2 aromatic rings. The van der Waals surface area contributed by atoms with Crippen LogP contribution < -0.4 is 9.64 Å². The van der Waals surface area contributed by atoms with Gasteiger partial charge in [0.1, 0.15) is 6.10 Å². The Morgan fingerprint density at radius 1 is 1.23 bits per heavy atom. The molecule has 140 valence electrons. The van der Waals surface area contributed by atoms with Crippen LogP contribution in [0.3, 0.4) is 0 Å². The summed E-state index contributed by atoms with van der Waals surface area (Å²) in [4.78, 5) is 10.3. The van der Waals surface area contributed by atoms with Gasteiger partial charge in [-0.1, -0.05) is 29.8 Å². The Labute approximate surface area is 154 Å². The van der Waals surface area contributed by atoms with Gasteiger partial charge >= 0.3 is 0 Å². The minimum Gasteiger partial charge on any atom is -0.472 e. The number of nitrogens with zero attached hydrogens (tertiary/aromatic N) is 4. The predicted octanol–water partition coefficient (Wildman–Crippen LogP) is 1.83. The zero-order chi connectivity index (χ0) is 18.7. The monoisotopic (exact) mass is 376 g/mol. The fourth-order valence-electron chi connectivity index (χ4n) is 2.81. The summed E-state index contributed by atoms with van der Waals surface area (Å²) in [6, 6.07) is 7.58. The van der Waals surface area contributed by atoms with Crippen molar-refractivity contribution < 1.29 is 13.2 Å². The van der Waals surface area contributed by atoms with Gasteiger partial charge in [-0.15, -0.1) is 0 Å². The molecule has 1 aromatic carbocycles. The second-order valence-electron chi connectivity index (χ2n) is 6.74. The third-order valence-corrected chi connectivity index (χ3v) is 6.13. The number of aryl methyl sites for hydroxylation is 1. The molecule has 1 saturated heterocycles. The Morgan fingerprint density at radius 3 is 2.65 bits per heavy atom. The van der Waals surface area contributed by atoms with Crippen LogP contribution in [0.2, 0.25) is 0 Å². The van der Waals surface area contributed by atoms with E-state index in [1.54, 1.807) is 12.4 Å². The number of hydrogen-bond donors (Lipinski definition) is 0. The summed E-state index contributed by atoms with van der Waals surface area (Å²) in [6.45, 7) is 2.77. The van der Waals surface area contributed by atoms with Gasteiger partial charge in [0, 0.05) is 20.6 Å². The zero-order valence-corrected chi connectivity index (χ0v) is 16.1. The van der Waals surface area contributed by atoms with Crippen LogP contribution in [0.15, 0.2) is 36.7 Å². The van der Waals surface area contributed by atoms with E-state index in [0.717, 1.165) is 11.1 Å². The number of aromatic nitrogens is 2. The Hall–Kier alpha value is -2.19. The highest BCUT2D eigenvalue weighted by atomic mass is 32.2. The van der Waals surface area contributed by atoms with Crippen LogP contribution in [-0.4, -0.2) is 56.0 Å². The third kappa shape index (κ3) is 4.50. The van der Waals surface area contributed by atoms with Gasteiger partial charge in [0.15, 0.2) is 5.82 Å². The number of rotatable bonds is 6. The highest BCUT2D eigenvalue weighted by Gasteiger charge is 2.32. The molecule has 0 amide bonds. The summed E-state index contributed by atoms with van der Waals surface area (Å²) in [5.41, 5.74) is 1.91. The molecule has 8 heteroatoms. The van der Waals surface area contributed by atoms with Crippen molar-refractivity contribution >= 4 is 15.8 Å².